The molecule has 1 heterocycles. The van der Waals surface area contributed by atoms with E-state index < -0.39 is 10.5 Å². The molecule has 0 bridgehead atoms. The average molecular weight is 270 g/mol. The van der Waals surface area contributed by atoms with Crippen molar-refractivity contribution in [2.24, 2.45) is 5.84 Å². The molecule has 0 radical (unpaired) electrons. The second-order valence-electron chi connectivity index (χ2n) is 4.33. The molecule has 9 heteroatoms. The zero-order chi connectivity index (χ0) is 14.5. The van der Waals surface area contributed by atoms with Crippen molar-refractivity contribution in [3.63, 3.8) is 0 Å². The van der Waals surface area contributed by atoms with Crippen LogP contribution in [0.2, 0.25) is 0 Å². The van der Waals surface area contributed by atoms with Crippen LogP contribution < -0.4 is 16.6 Å². The number of nitrogens with one attached hydrogen (secondary N) is 2. The Bertz CT molecular complexity index is 455. The third kappa shape index (κ3) is 3.48. The van der Waals surface area contributed by atoms with Gasteiger partial charge in [0.05, 0.1) is 4.92 Å². The van der Waals surface area contributed by atoms with Gasteiger partial charge in [-0.2, -0.15) is 0 Å². The molecule has 1 aromatic rings. The van der Waals surface area contributed by atoms with Crippen LogP contribution in [0.1, 0.15) is 26.7 Å². The Kier molecular flexibility index (Phi) is 4.95. The fourth-order valence-electron chi connectivity index (χ4n) is 1.61. The lowest BCUT2D eigenvalue weighted by Gasteiger charge is -2.29. The maximum Gasteiger partial charge on any atom is 0.354 e. The van der Waals surface area contributed by atoms with Gasteiger partial charge in [-0.3, -0.25) is 10.1 Å². The summed E-state index contributed by atoms with van der Waals surface area (Å²) in [7, 11) is 0. The van der Waals surface area contributed by atoms with Crippen molar-refractivity contribution in [1.82, 2.24) is 9.97 Å². The van der Waals surface area contributed by atoms with E-state index in [9.17, 15) is 10.1 Å². The van der Waals surface area contributed by atoms with Crippen molar-refractivity contribution in [3.8, 4) is 0 Å². The Morgan fingerprint density at radius 2 is 2.16 bits per heavy atom. The monoisotopic (exact) mass is 270 g/mol. The van der Waals surface area contributed by atoms with Gasteiger partial charge in [0, 0.05) is 12.1 Å². The van der Waals surface area contributed by atoms with E-state index in [0.717, 1.165) is 0 Å². The Hall–Kier alpha value is -2.00. The molecule has 0 fully saturated rings. The Balaban J connectivity index is 3.16. The van der Waals surface area contributed by atoms with Crippen molar-refractivity contribution in [2.45, 2.75) is 32.2 Å². The molecule has 1 aromatic heterocycles. The van der Waals surface area contributed by atoms with E-state index in [0.29, 0.717) is 12.8 Å². The molecular weight excluding hydrogens is 252 g/mol. The van der Waals surface area contributed by atoms with E-state index in [-0.39, 0.29) is 23.9 Å². The van der Waals surface area contributed by atoms with Crippen molar-refractivity contribution >= 4 is 17.3 Å². The highest BCUT2D eigenvalue weighted by Gasteiger charge is 2.29. The SMILES string of the molecule is CCC(C)(CCO)Nc1ncnc(NN)c1[N+](=O)[O-]. The third-order valence-corrected chi connectivity index (χ3v) is 3.01. The van der Waals surface area contributed by atoms with E-state index >= 15 is 0 Å². The normalized spacial score (nSPS) is 13.7. The van der Waals surface area contributed by atoms with Crippen LogP contribution in [0.5, 0.6) is 0 Å². The summed E-state index contributed by atoms with van der Waals surface area (Å²) < 4.78 is 0. The molecule has 9 nitrogen and oxygen atoms in total. The lowest BCUT2D eigenvalue weighted by Crippen LogP contribution is -2.35. The first-order valence-electron chi connectivity index (χ1n) is 5.82. The van der Waals surface area contributed by atoms with Gasteiger partial charge in [-0.1, -0.05) is 6.92 Å². The maximum atomic E-state index is 11.1. The van der Waals surface area contributed by atoms with Gasteiger partial charge < -0.3 is 15.8 Å². The van der Waals surface area contributed by atoms with E-state index in [2.05, 4.69) is 20.7 Å². The highest BCUT2D eigenvalue weighted by molar-refractivity contribution is 5.69. The van der Waals surface area contributed by atoms with Crippen molar-refractivity contribution in [2.75, 3.05) is 17.3 Å². The smallest absolute Gasteiger partial charge is 0.354 e. The highest BCUT2D eigenvalue weighted by Crippen LogP contribution is 2.31. The van der Waals surface area contributed by atoms with Gasteiger partial charge in [-0.15, -0.1) is 0 Å². The molecule has 5 N–H and O–H groups in total. The molecule has 0 aliphatic heterocycles. The second kappa shape index (κ2) is 6.25. The maximum absolute atomic E-state index is 11.1. The van der Waals surface area contributed by atoms with Crippen LogP contribution in [0.3, 0.4) is 0 Å². The second-order valence-corrected chi connectivity index (χ2v) is 4.33. The largest absolute Gasteiger partial charge is 0.396 e. The number of nitro groups is 1. The number of rotatable bonds is 7. The van der Waals surface area contributed by atoms with Gasteiger partial charge in [-0.25, -0.2) is 15.8 Å². The predicted molar refractivity (Wildman–Crippen MR) is 70.5 cm³/mol. The molecule has 1 rings (SSSR count). The van der Waals surface area contributed by atoms with Crippen molar-refractivity contribution < 1.29 is 10.0 Å². The first kappa shape index (κ1) is 15.1. The van der Waals surface area contributed by atoms with E-state index in [4.69, 9.17) is 10.9 Å². The summed E-state index contributed by atoms with van der Waals surface area (Å²) in [6.45, 7) is 3.74. The molecule has 0 aromatic carbocycles. The fourth-order valence-corrected chi connectivity index (χ4v) is 1.61. The average Bonchev–Trinajstić information content (AvgIpc) is 2.38. The number of aliphatic hydroxyl groups is 1. The van der Waals surface area contributed by atoms with Crippen molar-refractivity contribution in [1.29, 1.82) is 0 Å². The molecule has 0 aliphatic carbocycles. The van der Waals surface area contributed by atoms with Crippen LogP contribution in [0.4, 0.5) is 17.3 Å². The van der Waals surface area contributed by atoms with Gasteiger partial charge in [-0.05, 0) is 19.8 Å². The van der Waals surface area contributed by atoms with Crippen LogP contribution >= 0.6 is 0 Å². The lowest BCUT2D eigenvalue weighted by molar-refractivity contribution is -0.383. The number of aromatic nitrogens is 2. The van der Waals surface area contributed by atoms with E-state index in [1.807, 2.05) is 13.8 Å². The van der Waals surface area contributed by atoms with Gasteiger partial charge >= 0.3 is 5.69 Å². The van der Waals surface area contributed by atoms with Crippen molar-refractivity contribution in [3.05, 3.63) is 16.4 Å². The summed E-state index contributed by atoms with van der Waals surface area (Å²) in [6, 6.07) is 0. The van der Waals surface area contributed by atoms with Gasteiger partial charge in [0.2, 0.25) is 11.6 Å². The summed E-state index contributed by atoms with van der Waals surface area (Å²) in [5.74, 6) is 5.21. The molecule has 106 valence electrons. The quantitative estimate of drug-likeness (QED) is 0.321. The fraction of sp³-hybridized carbons (Fsp3) is 0.600. The standard InChI is InChI=1S/C10H18N6O3/c1-3-10(2,4-5-17)14-8-7(16(18)19)9(15-11)13-6-12-8/h6,17H,3-5,11H2,1-2H3,(H2,12,13,14,15). The Morgan fingerprint density at radius 3 is 2.63 bits per heavy atom. The summed E-state index contributed by atoms with van der Waals surface area (Å²) in [5.41, 5.74) is 1.35. The lowest BCUT2D eigenvalue weighted by atomic mass is 9.95. The molecule has 1 unspecified atom stereocenters. The first-order chi connectivity index (χ1) is 8.97. The van der Waals surface area contributed by atoms with Gasteiger partial charge in [0.15, 0.2) is 0 Å². The highest BCUT2D eigenvalue weighted by atomic mass is 16.6. The number of hydrogen-bond acceptors (Lipinski definition) is 8. The Morgan fingerprint density at radius 1 is 1.53 bits per heavy atom. The van der Waals surface area contributed by atoms with Crippen LogP contribution in [-0.2, 0) is 0 Å². The summed E-state index contributed by atoms with van der Waals surface area (Å²) in [6.07, 6.45) is 2.29. The van der Waals surface area contributed by atoms with Gasteiger partial charge in [0.1, 0.15) is 6.33 Å². The molecule has 19 heavy (non-hydrogen) atoms. The molecule has 1 atom stereocenters. The van der Waals surface area contributed by atoms with Crippen LogP contribution in [0.15, 0.2) is 6.33 Å². The summed E-state index contributed by atoms with van der Waals surface area (Å²) in [5, 5.41) is 23.1. The zero-order valence-electron chi connectivity index (χ0n) is 10.9. The summed E-state index contributed by atoms with van der Waals surface area (Å²) in [4.78, 5) is 18.1. The number of aliphatic hydroxyl groups excluding tert-OH is 1. The summed E-state index contributed by atoms with van der Waals surface area (Å²) >= 11 is 0. The topological polar surface area (TPSA) is 139 Å². The molecule has 0 aliphatic rings. The minimum atomic E-state index is -0.605. The number of nitrogen functional groups attached to an aromatic ring is 1. The Labute approximate surface area is 110 Å². The number of nitrogens with two attached hydrogens (primary N) is 1. The van der Waals surface area contributed by atoms with Gasteiger partial charge in [0.25, 0.3) is 0 Å². The minimum Gasteiger partial charge on any atom is -0.396 e. The number of nitrogens with zero attached hydrogens (tertiary/aromatic N) is 3. The zero-order valence-corrected chi connectivity index (χ0v) is 10.9. The van der Waals surface area contributed by atoms with E-state index in [1.54, 1.807) is 0 Å². The third-order valence-electron chi connectivity index (χ3n) is 3.01. The van der Waals surface area contributed by atoms with Crippen LogP contribution in [-0.4, -0.2) is 32.1 Å². The van der Waals surface area contributed by atoms with Crippen LogP contribution in [0, 0.1) is 10.1 Å². The molecule has 0 spiro atoms. The number of hydrazine groups is 1. The predicted octanol–water partition coefficient (Wildman–Crippen LogP) is 0.633. The number of anilines is 2. The van der Waals surface area contributed by atoms with E-state index in [1.165, 1.54) is 6.33 Å². The first-order valence-corrected chi connectivity index (χ1v) is 5.82. The molecular formula is C10H18N6O3. The number of hydrogen-bond donors (Lipinski definition) is 4. The molecule has 0 saturated carbocycles. The minimum absolute atomic E-state index is 0.0295. The van der Waals surface area contributed by atoms with Crippen LogP contribution in [0.25, 0.3) is 0 Å². The molecule has 0 amide bonds. The molecule has 0 saturated heterocycles.